The Bertz CT molecular complexity index is 861. The first kappa shape index (κ1) is 14.1. The molecule has 3 aromatic carbocycles. The molecule has 0 fully saturated rings. The number of allylic oxidation sites excluding steroid dienone is 1. The summed E-state index contributed by atoms with van der Waals surface area (Å²) in [5.41, 5.74) is 0.267. The quantitative estimate of drug-likeness (QED) is 0.490. The number of hydrogen-bond acceptors (Lipinski definition) is 1. The molecule has 0 aliphatic carbocycles. The molecule has 22 heavy (non-hydrogen) atoms. The van der Waals surface area contributed by atoms with Gasteiger partial charge in [0.2, 0.25) is 0 Å². The lowest BCUT2D eigenvalue weighted by Crippen LogP contribution is -2.02. The van der Waals surface area contributed by atoms with Gasteiger partial charge in [-0.1, -0.05) is 48.5 Å². The molecule has 0 saturated carbocycles. The first-order valence-corrected chi connectivity index (χ1v) is 6.80. The molecule has 0 amide bonds. The van der Waals surface area contributed by atoms with E-state index in [2.05, 4.69) is 0 Å². The van der Waals surface area contributed by atoms with Gasteiger partial charge in [-0.3, -0.25) is 4.79 Å². The van der Waals surface area contributed by atoms with E-state index in [1.807, 2.05) is 42.5 Å². The van der Waals surface area contributed by atoms with Crippen LogP contribution in [0.15, 0.2) is 66.7 Å². The summed E-state index contributed by atoms with van der Waals surface area (Å²) in [5, 5.41) is 2.13. The third-order valence-electron chi connectivity index (χ3n) is 3.41. The van der Waals surface area contributed by atoms with E-state index in [1.165, 1.54) is 12.1 Å². The van der Waals surface area contributed by atoms with Gasteiger partial charge in [0, 0.05) is 0 Å². The van der Waals surface area contributed by atoms with Crippen LogP contribution in [0.2, 0.25) is 0 Å². The maximum atomic E-state index is 13.5. The lowest BCUT2D eigenvalue weighted by molar-refractivity contribution is 0.104. The van der Waals surface area contributed by atoms with E-state index in [9.17, 15) is 13.6 Å². The number of carbonyl (C=O) groups is 1. The molecule has 0 bridgehead atoms. The Balaban J connectivity index is 1.90. The fraction of sp³-hybridized carbons (Fsp3) is 0. The monoisotopic (exact) mass is 294 g/mol. The standard InChI is InChI=1S/C19H12F2O/c20-16-6-3-7-17(21)19(16)18(22)11-9-13-8-10-14-4-1-2-5-15(14)12-13/h1-12H/b11-9+. The second kappa shape index (κ2) is 5.90. The first-order valence-electron chi connectivity index (χ1n) is 6.80. The number of hydrogen-bond donors (Lipinski definition) is 0. The van der Waals surface area contributed by atoms with Crippen molar-refractivity contribution in [3.8, 4) is 0 Å². The van der Waals surface area contributed by atoms with Crippen molar-refractivity contribution in [2.24, 2.45) is 0 Å². The van der Waals surface area contributed by atoms with Crippen molar-refractivity contribution in [3.63, 3.8) is 0 Å². The molecule has 1 nitrogen and oxygen atoms in total. The maximum Gasteiger partial charge on any atom is 0.191 e. The molecule has 0 aliphatic heterocycles. The van der Waals surface area contributed by atoms with E-state index in [4.69, 9.17) is 0 Å². The Morgan fingerprint density at radius 3 is 2.23 bits per heavy atom. The van der Waals surface area contributed by atoms with Crippen LogP contribution in [0.5, 0.6) is 0 Å². The summed E-state index contributed by atoms with van der Waals surface area (Å²) < 4.78 is 27.1. The third-order valence-corrected chi connectivity index (χ3v) is 3.41. The van der Waals surface area contributed by atoms with Gasteiger partial charge >= 0.3 is 0 Å². The molecule has 3 aromatic rings. The molecule has 0 aromatic heterocycles. The van der Waals surface area contributed by atoms with Crippen LogP contribution >= 0.6 is 0 Å². The van der Waals surface area contributed by atoms with E-state index in [0.717, 1.165) is 28.5 Å². The summed E-state index contributed by atoms with van der Waals surface area (Å²) in [4.78, 5) is 12.0. The number of fused-ring (bicyclic) bond motifs is 1. The smallest absolute Gasteiger partial charge is 0.191 e. The van der Waals surface area contributed by atoms with Gasteiger partial charge in [0.05, 0.1) is 5.56 Å². The van der Waals surface area contributed by atoms with Gasteiger partial charge in [-0.25, -0.2) is 8.78 Å². The van der Waals surface area contributed by atoms with Crippen LogP contribution in [0.1, 0.15) is 15.9 Å². The Hall–Kier alpha value is -2.81. The van der Waals surface area contributed by atoms with Gasteiger partial charge < -0.3 is 0 Å². The van der Waals surface area contributed by atoms with Crippen LogP contribution in [0.25, 0.3) is 16.8 Å². The average molecular weight is 294 g/mol. The van der Waals surface area contributed by atoms with Crippen LogP contribution < -0.4 is 0 Å². The zero-order valence-electron chi connectivity index (χ0n) is 11.6. The van der Waals surface area contributed by atoms with E-state index in [-0.39, 0.29) is 0 Å². The predicted molar refractivity (Wildman–Crippen MR) is 83.7 cm³/mol. The molecule has 0 saturated heterocycles. The number of carbonyl (C=O) groups excluding carboxylic acids is 1. The lowest BCUT2D eigenvalue weighted by Gasteiger charge is -2.01. The molecule has 0 unspecified atom stereocenters. The van der Waals surface area contributed by atoms with Crippen molar-refractivity contribution in [1.29, 1.82) is 0 Å². The fourth-order valence-electron chi connectivity index (χ4n) is 2.30. The Kier molecular flexibility index (Phi) is 3.79. The van der Waals surface area contributed by atoms with Crippen molar-refractivity contribution in [3.05, 3.63) is 89.5 Å². The average Bonchev–Trinajstić information content (AvgIpc) is 2.52. The second-order valence-electron chi connectivity index (χ2n) is 4.90. The Morgan fingerprint density at radius 1 is 0.818 bits per heavy atom. The highest BCUT2D eigenvalue weighted by atomic mass is 19.1. The number of rotatable bonds is 3. The van der Waals surface area contributed by atoms with Crippen LogP contribution in [0.3, 0.4) is 0 Å². The molecule has 0 radical (unpaired) electrons. The number of benzene rings is 3. The van der Waals surface area contributed by atoms with Gasteiger partial charge in [0.1, 0.15) is 11.6 Å². The molecule has 3 heteroatoms. The topological polar surface area (TPSA) is 17.1 Å². The van der Waals surface area contributed by atoms with Gasteiger partial charge in [-0.05, 0) is 40.6 Å². The minimum absolute atomic E-state index is 0.528. The highest BCUT2D eigenvalue weighted by Crippen LogP contribution is 2.18. The van der Waals surface area contributed by atoms with Crippen molar-refractivity contribution >= 4 is 22.6 Å². The molecule has 0 heterocycles. The fourth-order valence-corrected chi connectivity index (χ4v) is 2.30. The predicted octanol–water partition coefficient (Wildman–Crippen LogP) is 5.01. The molecule has 0 atom stereocenters. The molecular weight excluding hydrogens is 282 g/mol. The van der Waals surface area contributed by atoms with Crippen LogP contribution in [-0.2, 0) is 0 Å². The molecular formula is C19H12F2O. The second-order valence-corrected chi connectivity index (χ2v) is 4.90. The minimum Gasteiger partial charge on any atom is -0.289 e. The number of ketones is 1. The minimum atomic E-state index is -0.854. The summed E-state index contributed by atoms with van der Waals surface area (Å²) in [6.45, 7) is 0. The summed E-state index contributed by atoms with van der Waals surface area (Å²) in [6, 6.07) is 16.9. The molecule has 3 rings (SSSR count). The normalized spacial score (nSPS) is 11.2. The Labute approximate surface area is 126 Å². The molecule has 0 aliphatic rings. The van der Waals surface area contributed by atoms with Gasteiger partial charge in [0.15, 0.2) is 5.78 Å². The van der Waals surface area contributed by atoms with Crippen molar-refractivity contribution in [2.45, 2.75) is 0 Å². The summed E-state index contributed by atoms with van der Waals surface area (Å²) in [6.07, 6.45) is 2.74. The zero-order chi connectivity index (χ0) is 15.5. The highest BCUT2D eigenvalue weighted by Gasteiger charge is 2.14. The zero-order valence-corrected chi connectivity index (χ0v) is 11.6. The van der Waals surface area contributed by atoms with Crippen molar-refractivity contribution in [1.82, 2.24) is 0 Å². The van der Waals surface area contributed by atoms with Crippen LogP contribution in [-0.4, -0.2) is 5.78 Å². The summed E-state index contributed by atoms with van der Waals surface area (Å²) in [7, 11) is 0. The van der Waals surface area contributed by atoms with E-state index >= 15 is 0 Å². The third kappa shape index (κ3) is 2.79. The van der Waals surface area contributed by atoms with Crippen molar-refractivity contribution < 1.29 is 13.6 Å². The number of halogens is 2. The Morgan fingerprint density at radius 2 is 1.50 bits per heavy atom. The SMILES string of the molecule is O=C(/C=C/c1ccc2ccccc2c1)c1c(F)cccc1F. The lowest BCUT2D eigenvalue weighted by atomic mass is 10.0. The van der Waals surface area contributed by atoms with Gasteiger partial charge in [-0.2, -0.15) is 0 Å². The molecule has 108 valence electrons. The largest absolute Gasteiger partial charge is 0.289 e. The van der Waals surface area contributed by atoms with Gasteiger partial charge in [-0.15, -0.1) is 0 Å². The van der Waals surface area contributed by atoms with Crippen LogP contribution in [0, 0.1) is 11.6 Å². The maximum absolute atomic E-state index is 13.5. The molecule has 0 spiro atoms. The van der Waals surface area contributed by atoms with Crippen molar-refractivity contribution in [2.75, 3.05) is 0 Å². The van der Waals surface area contributed by atoms with Crippen LogP contribution in [0.4, 0.5) is 8.78 Å². The van der Waals surface area contributed by atoms with E-state index < -0.39 is 23.0 Å². The van der Waals surface area contributed by atoms with E-state index in [1.54, 1.807) is 6.08 Å². The molecule has 0 N–H and O–H groups in total. The first-order chi connectivity index (χ1) is 10.6. The van der Waals surface area contributed by atoms with E-state index in [0.29, 0.717) is 0 Å². The highest BCUT2D eigenvalue weighted by molar-refractivity contribution is 6.07. The summed E-state index contributed by atoms with van der Waals surface area (Å²) >= 11 is 0. The van der Waals surface area contributed by atoms with Gasteiger partial charge in [0.25, 0.3) is 0 Å². The summed E-state index contributed by atoms with van der Waals surface area (Å²) in [5.74, 6) is -2.40.